The second-order valence-corrected chi connectivity index (χ2v) is 6.53. The van der Waals surface area contributed by atoms with E-state index in [2.05, 4.69) is 20.3 Å². The topological polar surface area (TPSA) is 88.9 Å². The van der Waals surface area contributed by atoms with Crippen molar-refractivity contribution in [2.75, 3.05) is 13.7 Å². The number of nitrogens with one attached hydrogen (secondary N) is 1. The predicted molar refractivity (Wildman–Crippen MR) is 85.5 cm³/mol. The van der Waals surface area contributed by atoms with Gasteiger partial charge in [0.1, 0.15) is 5.82 Å². The largest absolute Gasteiger partial charge is 0.380 e. The smallest absolute Gasteiger partial charge is 0.258 e. The van der Waals surface area contributed by atoms with Gasteiger partial charge in [-0.3, -0.25) is 14.6 Å². The van der Waals surface area contributed by atoms with E-state index < -0.39 is 0 Å². The van der Waals surface area contributed by atoms with E-state index in [1.165, 1.54) is 0 Å². The van der Waals surface area contributed by atoms with Gasteiger partial charge in [0, 0.05) is 26.6 Å². The first-order chi connectivity index (χ1) is 11.7. The molecule has 4 heterocycles. The quantitative estimate of drug-likeness (QED) is 0.915. The van der Waals surface area contributed by atoms with E-state index in [0.29, 0.717) is 24.4 Å². The maximum Gasteiger partial charge on any atom is 0.258 e. The molecular weight excluding hydrogens is 308 g/mol. The molecule has 0 saturated carbocycles. The normalized spacial score (nSPS) is 23.5. The number of carbonyl (C=O) groups is 1. The fourth-order valence-corrected chi connectivity index (χ4v) is 3.70. The number of aryl methyl sites for hydroxylation is 2. The minimum atomic E-state index is -0.161. The van der Waals surface area contributed by atoms with Crippen LogP contribution in [0.4, 0.5) is 0 Å². The van der Waals surface area contributed by atoms with Crippen molar-refractivity contribution in [3.05, 3.63) is 29.1 Å². The molecule has 8 nitrogen and oxygen atoms in total. The summed E-state index contributed by atoms with van der Waals surface area (Å²) in [4.78, 5) is 19.4. The third-order valence-corrected chi connectivity index (χ3v) is 4.98. The zero-order chi connectivity index (χ0) is 16.7. The Kier molecular flexibility index (Phi) is 3.84. The van der Waals surface area contributed by atoms with Crippen molar-refractivity contribution >= 4 is 5.91 Å². The van der Waals surface area contributed by atoms with Crippen molar-refractivity contribution in [2.24, 2.45) is 0 Å². The van der Waals surface area contributed by atoms with Crippen LogP contribution in [0, 0.1) is 6.92 Å². The first kappa shape index (κ1) is 15.3. The third-order valence-electron chi connectivity index (χ3n) is 4.98. The van der Waals surface area contributed by atoms with Gasteiger partial charge in [-0.15, -0.1) is 0 Å². The minimum Gasteiger partial charge on any atom is -0.380 e. The summed E-state index contributed by atoms with van der Waals surface area (Å²) in [5.41, 5.74) is 1.76. The highest BCUT2D eigenvalue weighted by molar-refractivity contribution is 5.95. The Morgan fingerprint density at radius 2 is 2.29 bits per heavy atom. The number of carbonyl (C=O) groups excluding carboxylic acids is 1. The number of nitrogens with zero attached hydrogens (tertiary/aromatic N) is 5. The number of methoxy groups -OCH3 is 1. The van der Waals surface area contributed by atoms with Gasteiger partial charge in [-0.1, -0.05) is 0 Å². The summed E-state index contributed by atoms with van der Waals surface area (Å²) in [6.45, 7) is 3.31. The Balaban J connectivity index is 1.65. The number of fused-ring (bicyclic) bond motifs is 1. The lowest BCUT2D eigenvalue weighted by Gasteiger charge is -2.23. The summed E-state index contributed by atoms with van der Waals surface area (Å²) in [7, 11) is 1.68. The van der Waals surface area contributed by atoms with Gasteiger partial charge in [-0.05, 0) is 26.2 Å². The predicted octanol–water partition coefficient (Wildman–Crippen LogP) is 1.25. The van der Waals surface area contributed by atoms with Crippen molar-refractivity contribution in [1.82, 2.24) is 29.9 Å². The lowest BCUT2D eigenvalue weighted by molar-refractivity contribution is 0.0683. The number of amides is 1. The van der Waals surface area contributed by atoms with Crippen LogP contribution in [-0.2, 0) is 17.7 Å². The van der Waals surface area contributed by atoms with E-state index in [-0.39, 0.29) is 18.1 Å². The van der Waals surface area contributed by atoms with Crippen molar-refractivity contribution < 1.29 is 9.53 Å². The Hall–Kier alpha value is -2.22. The van der Waals surface area contributed by atoms with Crippen LogP contribution in [0.1, 0.15) is 53.0 Å². The van der Waals surface area contributed by atoms with Crippen LogP contribution in [0.15, 0.2) is 6.20 Å². The van der Waals surface area contributed by atoms with Gasteiger partial charge in [-0.2, -0.15) is 10.2 Å². The zero-order valence-corrected chi connectivity index (χ0v) is 14.0. The van der Waals surface area contributed by atoms with Gasteiger partial charge >= 0.3 is 0 Å². The molecule has 0 bridgehead atoms. The molecule has 2 aliphatic heterocycles. The Morgan fingerprint density at radius 3 is 3.04 bits per heavy atom. The second kappa shape index (κ2) is 6.01. The molecule has 2 atom stereocenters. The number of aromatic amines is 1. The summed E-state index contributed by atoms with van der Waals surface area (Å²) in [6, 6.07) is -0.161. The second-order valence-electron chi connectivity index (χ2n) is 6.53. The van der Waals surface area contributed by atoms with E-state index in [1.54, 1.807) is 13.3 Å². The number of likely N-dealkylation sites (tertiary alicyclic amines) is 1. The number of hydrogen-bond acceptors (Lipinski definition) is 5. The highest BCUT2D eigenvalue weighted by Crippen LogP contribution is 2.33. The highest BCUT2D eigenvalue weighted by Gasteiger charge is 2.40. The molecular formula is C16H22N6O2. The van der Waals surface area contributed by atoms with Crippen molar-refractivity contribution in [1.29, 1.82) is 0 Å². The lowest BCUT2D eigenvalue weighted by Crippen LogP contribution is -2.33. The van der Waals surface area contributed by atoms with Gasteiger partial charge in [0.25, 0.3) is 5.91 Å². The van der Waals surface area contributed by atoms with Crippen molar-refractivity contribution in [3.63, 3.8) is 0 Å². The summed E-state index contributed by atoms with van der Waals surface area (Å²) >= 11 is 0. The molecule has 4 rings (SSSR count). The van der Waals surface area contributed by atoms with E-state index in [4.69, 9.17) is 4.74 Å². The van der Waals surface area contributed by atoms with Crippen LogP contribution in [0.3, 0.4) is 0 Å². The maximum atomic E-state index is 13.2. The Labute approximate surface area is 140 Å². The molecule has 128 valence electrons. The zero-order valence-electron chi connectivity index (χ0n) is 14.0. The van der Waals surface area contributed by atoms with Crippen LogP contribution in [0.2, 0.25) is 0 Å². The fourth-order valence-electron chi connectivity index (χ4n) is 3.70. The van der Waals surface area contributed by atoms with Gasteiger partial charge < -0.3 is 9.64 Å². The summed E-state index contributed by atoms with van der Waals surface area (Å²) in [5, 5.41) is 11.5. The molecule has 1 saturated heterocycles. The Bertz CT molecular complexity index is 752. The highest BCUT2D eigenvalue weighted by atomic mass is 16.5. The lowest BCUT2D eigenvalue weighted by atomic mass is 10.1. The molecule has 0 spiro atoms. The average molecular weight is 330 g/mol. The molecule has 8 heteroatoms. The number of H-pyrrole nitrogens is 1. The molecule has 1 N–H and O–H groups in total. The van der Waals surface area contributed by atoms with E-state index >= 15 is 0 Å². The standard InChI is InChI=1S/C16H22N6O2/c1-10-18-15(20-19-10)14-7-11(24-2)9-21(14)16(23)12-8-17-22-6-4-3-5-13(12)22/h8,11,14H,3-7,9H2,1-2H3,(H,18,19,20)/t11-,14+/m1/s1. The summed E-state index contributed by atoms with van der Waals surface area (Å²) in [6.07, 6.45) is 5.57. The van der Waals surface area contributed by atoms with Gasteiger partial charge in [0.15, 0.2) is 5.82 Å². The molecule has 0 radical (unpaired) electrons. The van der Waals surface area contributed by atoms with Crippen molar-refractivity contribution in [3.8, 4) is 0 Å². The number of aromatic nitrogens is 5. The minimum absolute atomic E-state index is 0.00385. The molecule has 0 unspecified atom stereocenters. The van der Waals surface area contributed by atoms with Gasteiger partial charge in [0.05, 0.1) is 29.6 Å². The summed E-state index contributed by atoms with van der Waals surface area (Å²) < 4.78 is 7.46. The maximum absolute atomic E-state index is 13.2. The first-order valence-corrected chi connectivity index (χ1v) is 8.44. The molecule has 0 aliphatic carbocycles. The molecule has 2 aliphatic rings. The number of ether oxygens (including phenoxy) is 1. The fraction of sp³-hybridized carbons (Fsp3) is 0.625. The molecule has 0 aromatic carbocycles. The molecule has 24 heavy (non-hydrogen) atoms. The molecule has 1 amide bonds. The van der Waals surface area contributed by atoms with Gasteiger partial charge in [0.2, 0.25) is 0 Å². The monoisotopic (exact) mass is 330 g/mol. The van der Waals surface area contributed by atoms with E-state index in [0.717, 1.165) is 37.3 Å². The van der Waals surface area contributed by atoms with Crippen LogP contribution >= 0.6 is 0 Å². The first-order valence-electron chi connectivity index (χ1n) is 8.44. The van der Waals surface area contributed by atoms with Crippen LogP contribution in [0.25, 0.3) is 0 Å². The Morgan fingerprint density at radius 1 is 1.42 bits per heavy atom. The van der Waals surface area contributed by atoms with Crippen LogP contribution in [-0.4, -0.2) is 55.5 Å². The van der Waals surface area contributed by atoms with E-state index in [1.807, 2.05) is 16.5 Å². The van der Waals surface area contributed by atoms with Crippen molar-refractivity contribution in [2.45, 2.75) is 51.3 Å². The number of rotatable bonds is 3. The van der Waals surface area contributed by atoms with Crippen LogP contribution in [0.5, 0.6) is 0 Å². The van der Waals surface area contributed by atoms with Crippen LogP contribution < -0.4 is 0 Å². The van der Waals surface area contributed by atoms with Gasteiger partial charge in [-0.25, -0.2) is 4.98 Å². The van der Waals surface area contributed by atoms with E-state index in [9.17, 15) is 4.79 Å². The SMILES string of the molecule is CO[C@@H]1C[C@@H](c2n[nH]c(C)n2)N(C(=O)c2cnn3c2CCCC3)C1. The summed E-state index contributed by atoms with van der Waals surface area (Å²) in [5.74, 6) is 1.41. The third kappa shape index (κ3) is 2.50. The number of hydrogen-bond donors (Lipinski definition) is 1. The average Bonchev–Trinajstić information content (AvgIpc) is 3.31. The molecule has 2 aromatic rings. The molecule has 1 fully saturated rings. The molecule has 2 aromatic heterocycles.